The molecular weight excluding hydrogens is 258 g/mol. The van der Waals surface area contributed by atoms with E-state index in [1.54, 1.807) is 17.5 Å². The van der Waals surface area contributed by atoms with Gasteiger partial charge < -0.3 is 10.4 Å². The van der Waals surface area contributed by atoms with E-state index >= 15 is 0 Å². The minimum Gasteiger partial charge on any atom is -0.391 e. The third kappa shape index (κ3) is 5.16. The summed E-state index contributed by atoms with van der Waals surface area (Å²) in [5, 5.41) is 14.5. The molecule has 1 rings (SSSR count). The van der Waals surface area contributed by atoms with Gasteiger partial charge >= 0.3 is 0 Å². The predicted molar refractivity (Wildman–Crippen MR) is 70.1 cm³/mol. The van der Waals surface area contributed by atoms with Crippen molar-refractivity contribution in [2.24, 2.45) is 0 Å². The second-order valence-corrected chi connectivity index (χ2v) is 8.21. The highest BCUT2D eigenvalue weighted by molar-refractivity contribution is 7.93. The molecule has 4 nitrogen and oxygen atoms in total. The first-order chi connectivity index (χ1) is 7.71. The summed E-state index contributed by atoms with van der Waals surface area (Å²) in [5.74, 6) is -0.239. The van der Waals surface area contributed by atoms with Crippen LogP contribution in [0.15, 0.2) is 21.7 Å². The van der Waals surface area contributed by atoms with E-state index in [1.165, 1.54) is 11.3 Å². The average Bonchev–Trinajstić information content (AvgIpc) is 2.66. The normalized spacial score (nSPS) is 14.8. The highest BCUT2D eigenvalue weighted by atomic mass is 32.2. The number of aliphatic hydroxyl groups excluding tert-OH is 1. The Morgan fingerprint density at radius 2 is 2.12 bits per heavy atom. The highest BCUT2D eigenvalue weighted by Gasteiger charge is 2.21. The van der Waals surface area contributed by atoms with Gasteiger partial charge in [0.1, 0.15) is 4.21 Å². The molecule has 1 atom stereocenters. The molecule has 0 aliphatic heterocycles. The predicted octanol–water partition coefficient (Wildman–Crippen LogP) is 1.27. The van der Waals surface area contributed by atoms with Gasteiger partial charge in [-0.15, -0.1) is 11.3 Å². The number of aliphatic hydroxyl groups is 1. The van der Waals surface area contributed by atoms with Crippen molar-refractivity contribution >= 4 is 21.2 Å². The second-order valence-electron chi connectivity index (χ2n) is 5.00. The molecule has 17 heavy (non-hydrogen) atoms. The summed E-state index contributed by atoms with van der Waals surface area (Å²) in [5.41, 5.74) is -0.131. The molecular formula is C11H19NO3S2. The molecule has 1 heterocycles. The summed E-state index contributed by atoms with van der Waals surface area (Å²) in [6.45, 7) is 6.17. The zero-order valence-electron chi connectivity index (χ0n) is 10.3. The summed E-state index contributed by atoms with van der Waals surface area (Å²) in [4.78, 5) is 0. The maximum Gasteiger partial charge on any atom is 0.190 e. The van der Waals surface area contributed by atoms with Crippen LogP contribution in [0.4, 0.5) is 0 Å². The van der Waals surface area contributed by atoms with Crippen LogP contribution in [0.25, 0.3) is 0 Å². The first-order valence-corrected chi connectivity index (χ1v) is 7.93. The number of hydrogen-bond acceptors (Lipinski definition) is 5. The van der Waals surface area contributed by atoms with Gasteiger partial charge in [-0.2, -0.15) is 0 Å². The number of hydrogen-bond donors (Lipinski definition) is 2. The Balaban J connectivity index is 2.55. The van der Waals surface area contributed by atoms with Crippen LogP contribution < -0.4 is 5.32 Å². The van der Waals surface area contributed by atoms with Crippen molar-refractivity contribution in [2.45, 2.75) is 36.6 Å². The molecule has 0 amide bonds. The molecule has 0 bridgehead atoms. The van der Waals surface area contributed by atoms with E-state index in [-0.39, 0.29) is 17.8 Å². The Morgan fingerprint density at radius 3 is 2.59 bits per heavy atom. The van der Waals surface area contributed by atoms with E-state index in [9.17, 15) is 13.5 Å². The quantitative estimate of drug-likeness (QED) is 0.850. The van der Waals surface area contributed by atoms with E-state index in [0.29, 0.717) is 4.21 Å². The Bertz CT molecular complexity index is 432. The van der Waals surface area contributed by atoms with Crippen molar-refractivity contribution in [1.82, 2.24) is 5.32 Å². The van der Waals surface area contributed by atoms with Crippen LogP contribution in [0.2, 0.25) is 0 Å². The maximum atomic E-state index is 11.9. The molecule has 1 aromatic rings. The molecule has 6 heteroatoms. The fraction of sp³-hybridized carbons (Fsp3) is 0.636. The number of thiophene rings is 1. The van der Waals surface area contributed by atoms with E-state index in [4.69, 9.17) is 0 Å². The molecule has 1 unspecified atom stereocenters. The standard InChI is InChI=1S/C11H19NO3S2/c1-11(2,3)12-7-9(13)8-17(14,15)10-5-4-6-16-10/h4-6,9,12-13H,7-8H2,1-3H3. The molecule has 0 aliphatic rings. The molecule has 0 spiro atoms. The van der Waals surface area contributed by atoms with Gasteiger partial charge in [-0.3, -0.25) is 0 Å². The van der Waals surface area contributed by atoms with Crippen LogP contribution in [-0.2, 0) is 9.84 Å². The maximum absolute atomic E-state index is 11.9. The van der Waals surface area contributed by atoms with Gasteiger partial charge in [-0.1, -0.05) is 6.07 Å². The van der Waals surface area contributed by atoms with Gasteiger partial charge in [0.15, 0.2) is 9.84 Å². The minimum atomic E-state index is -3.36. The van der Waals surface area contributed by atoms with Crippen molar-refractivity contribution in [1.29, 1.82) is 0 Å². The lowest BCUT2D eigenvalue weighted by Gasteiger charge is -2.22. The zero-order chi connectivity index (χ0) is 13.1. The Labute approximate surface area is 107 Å². The molecule has 1 aromatic heterocycles. The van der Waals surface area contributed by atoms with Crippen molar-refractivity contribution in [3.63, 3.8) is 0 Å². The molecule has 98 valence electrons. The van der Waals surface area contributed by atoms with E-state index < -0.39 is 15.9 Å². The van der Waals surface area contributed by atoms with Crippen molar-refractivity contribution in [3.05, 3.63) is 17.5 Å². The largest absolute Gasteiger partial charge is 0.391 e. The lowest BCUT2D eigenvalue weighted by Crippen LogP contribution is -2.42. The van der Waals surface area contributed by atoms with Crippen molar-refractivity contribution in [2.75, 3.05) is 12.3 Å². The Kier molecular flexibility index (Phi) is 4.71. The van der Waals surface area contributed by atoms with Crippen LogP contribution in [-0.4, -0.2) is 37.5 Å². The topological polar surface area (TPSA) is 66.4 Å². The van der Waals surface area contributed by atoms with Crippen LogP contribution in [0.1, 0.15) is 20.8 Å². The summed E-state index contributed by atoms with van der Waals surface area (Å²) in [6, 6.07) is 3.25. The first kappa shape index (κ1) is 14.6. The van der Waals surface area contributed by atoms with E-state index in [2.05, 4.69) is 5.32 Å². The number of rotatable bonds is 5. The molecule has 0 radical (unpaired) electrons. The lowest BCUT2D eigenvalue weighted by molar-refractivity contribution is 0.181. The van der Waals surface area contributed by atoms with Crippen molar-refractivity contribution in [3.8, 4) is 0 Å². The lowest BCUT2D eigenvalue weighted by atomic mass is 10.1. The molecule has 2 N–H and O–H groups in total. The zero-order valence-corrected chi connectivity index (χ0v) is 11.9. The third-order valence-electron chi connectivity index (χ3n) is 2.08. The highest BCUT2D eigenvalue weighted by Crippen LogP contribution is 2.18. The van der Waals surface area contributed by atoms with Crippen LogP contribution in [0, 0.1) is 0 Å². The van der Waals surface area contributed by atoms with Gasteiger partial charge in [-0.25, -0.2) is 8.42 Å². The summed E-state index contributed by atoms with van der Waals surface area (Å²) in [6.07, 6.45) is -0.888. The Hall–Kier alpha value is -0.430. The summed E-state index contributed by atoms with van der Waals surface area (Å²) >= 11 is 1.18. The van der Waals surface area contributed by atoms with E-state index in [0.717, 1.165) is 0 Å². The number of β-amino-alcohol motifs (C(OH)–C–C–N with tert-alkyl or cyclic N) is 1. The van der Waals surface area contributed by atoms with Gasteiger partial charge in [0.2, 0.25) is 0 Å². The van der Waals surface area contributed by atoms with Crippen LogP contribution in [0.3, 0.4) is 0 Å². The second kappa shape index (κ2) is 5.48. The first-order valence-electron chi connectivity index (χ1n) is 5.40. The van der Waals surface area contributed by atoms with Crippen LogP contribution in [0.5, 0.6) is 0 Å². The van der Waals surface area contributed by atoms with Gasteiger partial charge in [0.05, 0.1) is 11.9 Å². The van der Waals surface area contributed by atoms with Gasteiger partial charge in [-0.05, 0) is 32.2 Å². The third-order valence-corrected chi connectivity index (χ3v) is 5.37. The monoisotopic (exact) mass is 277 g/mol. The molecule has 0 saturated carbocycles. The van der Waals surface area contributed by atoms with Gasteiger partial charge in [0.25, 0.3) is 0 Å². The van der Waals surface area contributed by atoms with E-state index in [1.807, 2.05) is 20.8 Å². The van der Waals surface area contributed by atoms with Gasteiger partial charge in [0, 0.05) is 12.1 Å². The average molecular weight is 277 g/mol. The minimum absolute atomic E-state index is 0.131. The molecule has 0 aromatic carbocycles. The van der Waals surface area contributed by atoms with Crippen LogP contribution >= 0.6 is 11.3 Å². The summed E-state index contributed by atoms with van der Waals surface area (Å²) < 4.78 is 24.0. The smallest absolute Gasteiger partial charge is 0.190 e. The molecule has 0 fully saturated rings. The Morgan fingerprint density at radius 1 is 1.47 bits per heavy atom. The fourth-order valence-corrected chi connectivity index (χ4v) is 3.74. The fourth-order valence-electron chi connectivity index (χ4n) is 1.26. The number of sulfone groups is 1. The summed E-state index contributed by atoms with van der Waals surface area (Å²) in [7, 11) is -3.36. The SMILES string of the molecule is CC(C)(C)NCC(O)CS(=O)(=O)c1cccs1. The molecule has 0 saturated heterocycles. The number of nitrogens with one attached hydrogen (secondary N) is 1. The van der Waals surface area contributed by atoms with Crippen molar-refractivity contribution < 1.29 is 13.5 Å². The molecule has 0 aliphatic carbocycles.